The van der Waals surface area contributed by atoms with Gasteiger partial charge in [-0.15, -0.1) is 0 Å². The number of ether oxygens (including phenoxy) is 3. The number of benzene rings is 2. The Labute approximate surface area is 776 Å². The smallest absolute Gasteiger partial charge is 0.329 e. The standard InChI is InChI=1S/C48H78N8O15S.C36H54N8O15S/c1-46(2,3)69-41(65)18-17-36(43(67)71-48(7,8)9)52-44(68)51-35(42(66)70-47(4,5)6)12-10-11-19-49-45(72)50-33-15-13-32(14-16-33)26-34-27-55(30-39(61)62)23-22-53(28-37(57)58)20-21-54(29-38(59)60)24-25-56(34)31-40(63)64;45-28(46)9-8-27(34(57)58)40-35(59)39-26(33(55)56)3-1-2-10-37-36(60)38-24-6-4-23(5-7-24)17-25-18-43(21-31(51)52)14-13-41(19-29(47)48)11-12-42(20-30(49)50)15-16-44(25)22-32(53)54/h13-16,34-36H,10-12,17-31H2,1-9H3,(H,57,58)(H,59,60)(H,61,62)(H,63,64)(H2,49,50,72)(H2,51,52,68);4-7,25-27H,1-3,8-22H2,(H,45,46)(H,47,48)(H,49,50)(H,51,52)(H,53,54)(H,55,56)(H,57,58)(H2,37,38,60)(H2,39,40,59)/t34?,35-,36-;/m0./s1. The van der Waals surface area contributed by atoms with Crippen molar-refractivity contribution >= 4 is 142 Å². The number of amides is 4. The zero-order chi connectivity index (χ0) is 99.2. The number of nitrogens with one attached hydrogen (secondary N) is 8. The van der Waals surface area contributed by atoms with Gasteiger partial charge in [0, 0.05) is 141 Å². The number of carbonyl (C=O) groups is 16. The van der Waals surface area contributed by atoms with Crippen LogP contribution in [0.5, 0.6) is 0 Å². The summed E-state index contributed by atoms with van der Waals surface area (Å²) in [6, 6.07) is 6.07. The number of rotatable bonds is 46. The van der Waals surface area contributed by atoms with Crippen molar-refractivity contribution in [3.05, 3.63) is 59.7 Å². The van der Waals surface area contributed by atoms with Crippen molar-refractivity contribution in [2.45, 2.75) is 192 Å². The predicted molar refractivity (Wildman–Crippen MR) is 484 cm³/mol. The van der Waals surface area contributed by atoms with Gasteiger partial charge in [0.15, 0.2) is 10.2 Å². The minimum absolute atomic E-state index is 0.00165. The van der Waals surface area contributed by atoms with Crippen LogP contribution in [0.15, 0.2) is 48.5 Å². The van der Waals surface area contributed by atoms with E-state index in [0.29, 0.717) is 61.7 Å². The molecule has 132 heavy (non-hydrogen) atoms. The van der Waals surface area contributed by atoms with Gasteiger partial charge >= 0.3 is 95.6 Å². The second kappa shape index (κ2) is 58.5. The van der Waals surface area contributed by atoms with E-state index in [1.165, 1.54) is 0 Å². The van der Waals surface area contributed by atoms with Crippen LogP contribution in [0.1, 0.15) is 138 Å². The summed E-state index contributed by atoms with van der Waals surface area (Å²) >= 11 is 10.9. The third-order valence-corrected chi connectivity index (χ3v) is 20.3. The third kappa shape index (κ3) is 53.2. The number of hydrogen-bond donors (Lipinski definition) is 19. The number of unbranched alkanes of at least 4 members (excludes halogenated alkanes) is 2. The minimum Gasteiger partial charge on any atom is -0.481 e. The van der Waals surface area contributed by atoms with Crippen molar-refractivity contribution in [1.82, 2.24) is 71.1 Å². The molecule has 0 bridgehead atoms. The first-order chi connectivity index (χ1) is 61.7. The van der Waals surface area contributed by atoms with E-state index >= 15 is 0 Å². The summed E-state index contributed by atoms with van der Waals surface area (Å²) in [4.78, 5) is 206. The van der Waals surface area contributed by atoms with E-state index in [1.54, 1.807) is 138 Å². The largest absolute Gasteiger partial charge is 0.481 e. The molecule has 2 aromatic carbocycles. The second-order valence-corrected chi connectivity index (χ2v) is 35.6. The fourth-order valence-electron chi connectivity index (χ4n) is 13.8. The Morgan fingerprint density at radius 1 is 0.341 bits per heavy atom. The second-order valence-electron chi connectivity index (χ2n) is 34.8. The molecule has 2 aromatic rings. The molecule has 2 heterocycles. The highest BCUT2D eigenvalue weighted by molar-refractivity contribution is 7.80. The van der Waals surface area contributed by atoms with Crippen LogP contribution in [0.3, 0.4) is 0 Å². The number of hydrogen-bond acceptors (Lipinski definition) is 29. The first-order valence-corrected chi connectivity index (χ1v) is 43.8. The fraction of sp³-hybridized carbons (Fsp3) is 0.643. The Kier molecular flexibility index (Phi) is 50.9. The van der Waals surface area contributed by atoms with Crippen LogP contribution in [-0.2, 0) is 94.2 Å². The lowest BCUT2D eigenvalue weighted by atomic mass is 10.0. The van der Waals surface area contributed by atoms with Crippen LogP contribution in [0.25, 0.3) is 0 Å². The molecule has 46 nitrogen and oxygen atoms in total. The summed E-state index contributed by atoms with van der Waals surface area (Å²) in [6.45, 7) is 15.4. The maximum atomic E-state index is 13.3. The van der Waals surface area contributed by atoms with E-state index in [1.807, 2.05) is 12.1 Å². The quantitative estimate of drug-likeness (QED) is 0.0191. The molecule has 2 aliphatic heterocycles. The van der Waals surface area contributed by atoms with E-state index in [4.69, 9.17) is 43.8 Å². The summed E-state index contributed by atoms with van der Waals surface area (Å²) in [5.41, 5.74) is 0.282. The van der Waals surface area contributed by atoms with Crippen LogP contribution in [0.4, 0.5) is 21.0 Å². The first kappa shape index (κ1) is 115. The van der Waals surface area contributed by atoms with Crippen molar-refractivity contribution in [3.8, 4) is 0 Å². The maximum Gasteiger partial charge on any atom is 0.329 e. The van der Waals surface area contributed by atoms with Gasteiger partial charge in [-0.05, 0) is 186 Å². The number of carboxylic acid groups (broad SMARTS) is 11. The van der Waals surface area contributed by atoms with Crippen molar-refractivity contribution in [2.24, 2.45) is 0 Å². The van der Waals surface area contributed by atoms with Crippen molar-refractivity contribution in [3.63, 3.8) is 0 Å². The van der Waals surface area contributed by atoms with E-state index in [0.717, 1.165) is 11.1 Å². The zero-order valence-corrected chi connectivity index (χ0v) is 77.7. The molecule has 0 saturated carbocycles. The lowest BCUT2D eigenvalue weighted by Gasteiger charge is -2.37. The number of aliphatic carboxylic acids is 11. The summed E-state index contributed by atoms with van der Waals surface area (Å²) in [5.74, 6) is -14.9. The van der Waals surface area contributed by atoms with Crippen LogP contribution >= 0.6 is 24.4 Å². The molecule has 6 atom stereocenters. The van der Waals surface area contributed by atoms with Crippen molar-refractivity contribution in [1.29, 1.82) is 0 Å². The Balaban J connectivity index is 0.000000691. The maximum absolute atomic E-state index is 13.3. The van der Waals surface area contributed by atoms with Crippen LogP contribution in [-0.4, -0.2) is 411 Å². The van der Waals surface area contributed by atoms with Gasteiger partial charge in [-0.2, -0.15) is 0 Å². The molecular formula is C84H132N16O30S2. The van der Waals surface area contributed by atoms with Gasteiger partial charge < -0.3 is 113 Å². The van der Waals surface area contributed by atoms with Gasteiger partial charge in [-0.3, -0.25) is 87.1 Å². The Hall–Kier alpha value is -11.4. The number of carbonyl (C=O) groups excluding carboxylic acids is 5. The average Bonchev–Trinajstić information content (AvgIpc) is 0.849. The number of carboxylic acids is 11. The molecular weight excluding hydrogens is 1780 g/mol. The molecule has 2 saturated heterocycles. The van der Waals surface area contributed by atoms with Gasteiger partial charge in [-0.25, -0.2) is 28.8 Å². The number of anilines is 2. The highest BCUT2D eigenvalue weighted by Gasteiger charge is 2.35. The number of thiocarbonyl (C=S) groups is 2. The van der Waals surface area contributed by atoms with Crippen molar-refractivity contribution < 1.29 is 147 Å². The van der Waals surface area contributed by atoms with Gasteiger partial charge in [0.2, 0.25) is 0 Å². The summed E-state index contributed by atoms with van der Waals surface area (Å²) in [7, 11) is 0. The van der Waals surface area contributed by atoms with E-state index in [9.17, 15) is 128 Å². The normalized spacial score (nSPS) is 17.0. The molecule has 48 heteroatoms. The number of urea groups is 2. The Morgan fingerprint density at radius 3 is 0.917 bits per heavy atom. The highest BCUT2D eigenvalue weighted by Crippen LogP contribution is 2.22. The van der Waals surface area contributed by atoms with Crippen LogP contribution in [0, 0.1) is 0 Å². The summed E-state index contributed by atoms with van der Waals surface area (Å²) in [5, 5.41) is 127. The van der Waals surface area contributed by atoms with Gasteiger partial charge in [0.1, 0.15) is 41.0 Å². The number of nitrogens with zero attached hydrogens (tertiary/aromatic N) is 8. The Bertz CT molecular complexity index is 4160. The first-order valence-electron chi connectivity index (χ1n) is 43.0. The summed E-state index contributed by atoms with van der Waals surface area (Å²) < 4.78 is 16.4. The van der Waals surface area contributed by atoms with Gasteiger partial charge in [-0.1, -0.05) is 24.3 Å². The molecule has 0 aromatic heterocycles. The molecule has 19 N–H and O–H groups in total. The molecule has 740 valence electrons. The van der Waals surface area contributed by atoms with E-state index in [2.05, 4.69) is 42.5 Å². The van der Waals surface area contributed by atoms with Gasteiger partial charge in [0.25, 0.3) is 0 Å². The lowest BCUT2D eigenvalue weighted by Crippen LogP contribution is -2.53. The molecule has 4 amide bonds. The molecule has 0 spiro atoms. The molecule has 2 aliphatic rings. The van der Waals surface area contributed by atoms with E-state index in [-0.39, 0.29) is 181 Å². The lowest BCUT2D eigenvalue weighted by molar-refractivity contribution is -0.159. The SMILES string of the molecule is CC(C)(C)OC(=O)CC[C@H](NC(=O)N[C@@H](CCCCNC(=S)Nc1ccc(CC2CN(CC(=O)O)CCN(CC(=O)O)CCN(CC(=O)O)CCN2CC(=O)O)cc1)C(=O)OC(C)(C)C)C(=O)OC(C)(C)C.O=C(O)CCC(NC(=O)NC(CCCCNC(=S)Nc1ccc(CC2CN(CC(=O)O)CCN(CC(=O)O)CCN(CC(=O)O)CCN2CC(=O)O)cc1)C(=O)O)C(=O)O. The van der Waals surface area contributed by atoms with Crippen molar-refractivity contribution in [2.75, 3.05) is 168 Å². The zero-order valence-electron chi connectivity index (χ0n) is 76.1. The average molecular weight is 1910 g/mol. The summed E-state index contributed by atoms with van der Waals surface area (Å²) in [6.07, 6.45) is 1.25. The third-order valence-electron chi connectivity index (χ3n) is 19.8. The molecule has 0 aliphatic carbocycles. The minimum atomic E-state index is -1.52. The number of esters is 3. The van der Waals surface area contributed by atoms with Crippen LogP contribution < -0.4 is 42.5 Å². The predicted octanol–water partition coefficient (Wildman–Crippen LogP) is 1.14. The molecule has 4 rings (SSSR count). The van der Waals surface area contributed by atoms with Crippen LogP contribution in [0.2, 0.25) is 0 Å². The molecule has 2 fully saturated rings. The highest BCUT2D eigenvalue weighted by atomic mass is 32.1. The fourth-order valence-corrected chi connectivity index (χ4v) is 14.2. The van der Waals surface area contributed by atoms with Gasteiger partial charge in [0.05, 0.1) is 52.4 Å². The van der Waals surface area contributed by atoms with E-state index < -0.39 is 162 Å². The monoisotopic (exact) mass is 1910 g/mol. The molecule has 0 radical (unpaired) electrons. The Morgan fingerprint density at radius 2 is 0.614 bits per heavy atom. The topological polar surface area (TPSA) is 646 Å². The molecule has 4 unspecified atom stereocenters.